The van der Waals surface area contributed by atoms with Crippen molar-refractivity contribution in [2.24, 2.45) is 0 Å². The molecule has 0 radical (unpaired) electrons. The molecule has 10 nitrogen and oxygen atoms in total. The highest BCUT2D eigenvalue weighted by molar-refractivity contribution is 6.27. The second-order valence-electron chi connectivity index (χ2n) is 9.47. The van der Waals surface area contributed by atoms with Crippen molar-refractivity contribution in [1.82, 2.24) is 15.5 Å². The van der Waals surface area contributed by atoms with E-state index in [2.05, 4.69) is 25.3 Å². The number of aryl methyl sites for hydroxylation is 1. The van der Waals surface area contributed by atoms with Crippen molar-refractivity contribution < 1.29 is 36.8 Å². The van der Waals surface area contributed by atoms with Crippen LogP contribution in [0.15, 0.2) is 51.8 Å². The lowest BCUT2D eigenvalue weighted by atomic mass is 9.87. The van der Waals surface area contributed by atoms with Crippen LogP contribution >= 0.6 is 0 Å². The van der Waals surface area contributed by atoms with E-state index in [-0.39, 0.29) is 43.0 Å². The average molecular weight is 559 g/mol. The number of carbonyl (C=O) groups is 2. The molecule has 13 heteroatoms. The van der Waals surface area contributed by atoms with Gasteiger partial charge in [-0.1, -0.05) is 23.4 Å². The van der Waals surface area contributed by atoms with Gasteiger partial charge in [-0.05, 0) is 66.6 Å². The van der Waals surface area contributed by atoms with Gasteiger partial charge >= 0.3 is 11.9 Å². The molecule has 1 unspecified atom stereocenters. The summed E-state index contributed by atoms with van der Waals surface area (Å²) in [6.07, 6.45) is -3.77. The van der Waals surface area contributed by atoms with Gasteiger partial charge in [0, 0.05) is 12.5 Å². The number of alkyl halides is 3. The van der Waals surface area contributed by atoms with Crippen LogP contribution in [-0.4, -0.2) is 47.4 Å². The number of nitrogens with one attached hydrogen (secondary N) is 3. The van der Waals surface area contributed by atoms with Gasteiger partial charge < -0.3 is 20.1 Å². The van der Waals surface area contributed by atoms with E-state index in [0.717, 1.165) is 5.56 Å². The van der Waals surface area contributed by atoms with E-state index in [1.807, 2.05) is 6.07 Å². The summed E-state index contributed by atoms with van der Waals surface area (Å²) in [6.45, 7) is -0.139. The van der Waals surface area contributed by atoms with Crippen molar-refractivity contribution in [3.05, 3.63) is 70.0 Å². The van der Waals surface area contributed by atoms with Gasteiger partial charge in [0.15, 0.2) is 12.4 Å². The number of ether oxygens (including phenoxy) is 2. The molecular weight excluding hydrogens is 533 g/mol. The lowest BCUT2D eigenvalue weighted by molar-refractivity contribution is -0.136. The van der Waals surface area contributed by atoms with Crippen LogP contribution in [0, 0.1) is 0 Å². The van der Waals surface area contributed by atoms with Crippen LogP contribution in [0.25, 0.3) is 11.1 Å². The van der Waals surface area contributed by atoms with Gasteiger partial charge in [-0.3, -0.25) is 19.1 Å². The number of fused-ring (bicyclic) bond motifs is 1. The summed E-state index contributed by atoms with van der Waals surface area (Å²) in [5.74, 6) is -0.588. The first-order valence-corrected chi connectivity index (χ1v) is 12.6. The van der Waals surface area contributed by atoms with Crippen LogP contribution in [-0.2, 0) is 16.0 Å². The number of hydrogen-bond donors (Lipinski definition) is 3. The highest BCUT2D eigenvalue weighted by atomic mass is 19.4. The number of rotatable bonds is 9. The lowest BCUT2D eigenvalue weighted by Gasteiger charge is -2.28. The second-order valence-corrected chi connectivity index (χ2v) is 9.47. The predicted molar refractivity (Wildman–Crippen MR) is 137 cm³/mol. The first-order chi connectivity index (χ1) is 19.1. The number of halogens is 3. The third-order valence-corrected chi connectivity index (χ3v) is 6.51. The normalized spacial score (nSPS) is 17.1. The van der Waals surface area contributed by atoms with E-state index in [9.17, 15) is 27.6 Å². The smallest absolute Gasteiger partial charge is 0.439 e. The Morgan fingerprint density at radius 3 is 2.73 bits per heavy atom. The van der Waals surface area contributed by atoms with Crippen molar-refractivity contribution >= 4 is 28.6 Å². The Bertz CT molecular complexity index is 1510. The van der Waals surface area contributed by atoms with E-state index in [0.29, 0.717) is 47.6 Å². The summed E-state index contributed by atoms with van der Waals surface area (Å²) in [4.78, 5) is 39.1. The molecule has 40 heavy (non-hydrogen) atoms. The molecule has 2 aliphatic heterocycles. The van der Waals surface area contributed by atoms with E-state index >= 15 is 0 Å². The van der Waals surface area contributed by atoms with Crippen molar-refractivity contribution in [3.63, 3.8) is 0 Å². The van der Waals surface area contributed by atoms with Gasteiger partial charge in [0.25, 0.3) is 11.8 Å². The van der Waals surface area contributed by atoms with E-state index in [1.165, 1.54) is 0 Å². The number of anilines is 1. The van der Waals surface area contributed by atoms with E-state index in [1.54, 1.807) is 36.4 Å². The largest absolute Gasteiger partial charge is 0.494 e. The minimum Gasteiger partial charge on any atom is -0.494 e. The Labute approximate surface area is 225 Å². The molecule has 3 aromatic rings. The zero-order chi connectivity index (χ0) is 28.3. The fourth-order valence-corrected chi connectivity index (χ4v) is 4.68. The number of hydrogen-bond acceptors (Lipinski definition) is 7. The van der Waals surface area contributed by atoms with E-state index in [4.69, 9.17) is 9.47 Å². The summed E-state index contributed by atoms with van der Waals surface area (Å²) in [5, 5.41) is 9.41. The highest BCUT2D eigenvalue weighted by Gasteiger charge is 2.32. The maximum absolute atomic E-state index is 13.3. The van der Waals surface area contributed by atoms with Crippen LogP contribution in [0.5, 0.6) is 11.5 Å². The monoisotopic (exact) mass is 558 g/mol. The molecule has 2 amide bonds. The summed E-state index contributed by atoms with van der Waals surface area (Å²) >= 11 is 0. The van der Waals surface area contributed by atoms with Gasteiger partial charge in [0.1, 0.15) is 11.5 Å². The second kappa shape index (κ2) is 11.3. The number of H-pyrrole nitrogens is 1. The van der Waals surface area contributed by atoms with Gasteiger partial charge in [0.2, 0.25) is 0 Å². The third kappa shape index (κ3) is 6.53. The molecule has 0 saturated carbocycles. The lowest BCUT2D eigenvalue weighted by Crippen LogP contribution is -2.40. The summed E-state index contributed by atoms with van der Waals surface area (Å²) in [5.41, 5.74) is 2.75. The number of amides is 2. The molecule has 3 heterocycles. The minimum atomic E-state index is -4.22. The van der Waals surface area contributed by atoms with Crippen molar-refractivity contribution in [3.8, 4) is 11.5 Å². The number of aromatic nitrogens is 2. The van der Waals surface area contributed by atoms with Crippen LogP contribution in [0.4, 0.5) is 18.9 Å². The Morgan fingerprint density at radius 2 is 1.95 bits per heavy atom. The molecule has 3 N–H and O–H groups in total. The zero-order valence-corrected chi connectivity index (χ0v) is 21.1. The Morgan fingerprint density at radius 1 is 1.10 bits per heavy atom. The van der Waals surface area contributed by atoms with Gasteiger partial charge in [-0.2, -0.15) is 13.2 Å². The standard InChI is InChI=1S/C27H25F3N4O6/c28-27(29,30)9-2-10-38-18-4-1-3-15(11-18)5-7-17-13-19(23(25(36)31-17)24-33-26(37)40-34-24)16-6-8-21-20(12-16)32-22(35)14-39-21/h1,3-4,6,8,11-12,17H,2,5,7,9-10,13-14H2,(H,31,36)(H,32,35)(H,33,34,37). The summed E-state index contributed by atoms with van der Waals surface area (Å²) in [7, 11) is 0. The Hall–Kier alpha value is -4.55. The number of aromatic amines is 1. The first kappa shape index (κ1) is 27.0. The summed E-state index contributed by atoms with van der Waals surface area (Å²) in [6, 6.07) is 12.0. The van der Waals surface area contributed by atoms with Crippen molar-refractivity contribution in [2.45, 2.75) is 44.3 Å². The molecule has 1 aromatic heterocycles. The Balaban J connectivity index is 1.33. The molecule has 0 aliphatic carbocycles. The topological polar surface area (TPSA) is 136 Å². The van der Waals surface area contributed by atoms with Crippen LogP contribution in [0.3, 0.4) is 0 Å². The number of nitrogens with zero attached hydrogens (tertiary/aromatic N) is 1. The predicted octanol–water partition coefficient (Wildman–Crippen LogP) is 3.85. The minimum absolute atomic E-state index is 0.00988. The number of benzene rings is 2. The molecule has 5 rings (SSSR count). The maximum atomic E-state index is 13.3. The Kier molecular flexibility index (Phi) is 7.63. The van der Waals surface area contributed by atoms with Gasteiger partial charge in [-0.25, -0.2) is 4.79 Å². The first-order valence-electron chi connectivity index (χ1n) is 12.6. The molecule has 2 aliphatic rings. The highest BCUT2D eigenvalue weighted by Crippen LogP contribution is 2.37. The molecule has 0 fully saturated rings. The molecule has 2 aromatic carbocycles. The van der Waals surface area contributed by atoms with Crippen LogP contribution < -0.4 is 25.9 Å². The van der Waals surface area contributed by atoms with Crippen molar-refractivity contribution in [1.29, 1.82) is 0 Å². The molecular formula is C27H25F3N4O6. The van der Waals surface area contributed by atoms with Crippen LogP contribution in [0.2, 0.25) is 0 Å². The third-order valence-electron chi connectivity index (χ3n) is 6.51. The fraction of sp³-hybridized carbons (Fsp3) is 0.333. The quantitative estimate of drug-likeness (QED) is 0.340. The molecule has 1 atom stereocenters. The molecule has 210 valence electrons. The maximum Gasteiger partial charge on any atom is 0.439 e. The van der Waals surface area contributed by atoms with Gasteiger partial charge in [0.05, 0.1) is 17.9 Å². The number of carbonyl (C=O) groups excluding carboxylic acids is 2. The molecule has 0 spiro atoms. The average Bonchev–Trinajstić information content (AvgIpc) is 3.34. The van der Waals surface area contributed by atoms with E-state index < -0.39 is 24.3 Å². The van der Waals surface area contributed by atoms with Gasteiger partial charge in [-0.15, -0.1) is 0 Å². The van der Waals surface area contributed by atoms with Crippen molar-refractivity contribution in [2.75, 3.05) is 18.5 Å². The zero-order valence-electron chi connectivity index (χ0n) is 21.1. The molecule has 0 saturated heterocycles. The SMILES string of the molecule is O=C1COc2ccc(C3=C(c4noc(=O)[nH]4)C(=O)NC(CCc4cccc(OCCCC(F)(F)F)c4)C3)cc2N1. The summed E-state index contributed by atoms with van der Waals surface area (Å²) < 4.78 is 52.6. The fourth-order valence-electron chi connectivity index (χ4n) is 4.68. The molecule has 0 bridgehead atoms. The van der Waals surface area contributed by atoms with Crippen LogP contribution in [0.1, 0.15) is 42.6 Å².